The highest BCUT2D eigenvalue weighted by atomic mass is 79.9. The summed E-state index contributed by atoms with van der Waals surface area (Å²) in [4.78, 5) is 12.9. The Kier molecular flexibility index (Phi) is 5.11. The van der Waals surface area contributed by atoms with Gasteiger partial charge in [0.15, 0.2) is 0 Å². The molecule has 0 aromatic heterocycles. The van der Waals surface area contributed by atoms with Gasteiger partial charge in [-0.2, -0.15) is 0 Å². The highest BCUT2D eigenvalue weighted by Crippen LogP contribution is 2.54. The molecular weight excluding hydrogens is 362 g/mol. The maximum absolute atomic E-state index is 12.9. The lowest BCUT2D eigenvalue weighted by Crippen LogP contribution is -2.41. The summed E-state index contributed by atoms with van der Waals surface area (Å²) in [6.45, 7) is 8.87. The second-order valence-corrected chi connectivity index (χ2v) is 9.72. The fourth-order valence-electron chi connectivity index (χ4n) is 5.76. The minimum absolute atomic E-state index is 0.200. The lowest BCUT2D eigenvalue weighted by atomic mass is 9.55. The zero-order chi connectivity index (χ0) is 17.5. The van der Waals surface area contributed by atoms with Crippen LogP contribution in [0.25, 0.3) is 0 Å². The Labute approximate surface area is 154 Å². The molecule has 0 radical (unpaired) electrons. The standard InChI is InChI=1S/C21H30BrNO/c1-13-5-17-6-14(2)10-21(9-13,11-17)12-19(24)23-20-15(3)7-18(22)8-16(20)4/h7-8,13-14,17H,5-6,9-12H2,1-4H3,(H,23,24). The van der Waals surface area contributed by atoms with Crippen molar-refractivity contribution in [2.45, 2.75) is 66.2 Å². The predicted molar refractivity (Wildman–Crippen MR) is 104 cm³/mol. The van der Waals surface area contributed by atoms with Crippen molar-refractivity contribution in [3.8, 4) is 0 Å². The molecule has 24 heavy (non-hydrogen) atoms. The Bertz CT molecular complexity index is 596. The van der Waals surface area contributed by atoms with Crippen LogP contribution in [0.15, 0.2) is 16.6 Å². The van der Waals surface area contributed by atoms with Crippen LogP contribution in [-0.4, -0.2) is 5.91 Å². The second-order valence-electron chi connectivity index (χ2n) is 8.80. The summed E-state index contributed by atoms with van der Waals surface area (Å²) in [6.07, 6.45) is 7.11. The van der Waals surface area contributed by atoms with Gasteiger partial charge in [0.2, 0.25) is 5.91 Å². The number of aryl methyl sites for hydroxylation is 2. The number of fused-ring (bicyclic) bond motifs is 2. The number of carbonyl (C=O) groups excluding carboxylic acids is 1. The summed E-state index contributed by atoms with van der Waals surface area (Å²) in [5, 5.41) is 3.22. The molecule has 2 aliphatic carbocycles. The van der Waals surface area contributed by atoms with Crippen LogP contribution in [0.4, 0.5) is 5.69 Å². The van der Waals surface area contributed by atoms with Gasteiger partial charge in [0.05, 0.1) is 0 Å². The lowest BCUT2D eigenvalue weighted by molar-refractivity contribution is -0.121. The van der Waals surface area contributed by atoms with Crippen molar-refractivity contribution in [1.29, 1.82) is 0 Å². The average molecular weight is 392 g/mol. The summed E-state index contributed by atoms with van der Waals surface area (Å²) < 4.78 is 1.07. The van der Waals surface area contributed by atoms with E-state index in [0.29, 0.717) is 6.42 Å². The van der Waals surface area contributed by atoms with Gasteiger partial charge in [0.25, 0.3) is 0 Å². The van der Waals surface area contributed by atoms with Crippen molar-refractivity contribution >= 4 is 27.5 Å². The van der Waals surface area contributed by atoms with E-state index < -0.39 is 0 Å². The van der Waals surface area contributed by atoms with Gasteiger partial charge in [-0.05, 0) is 92.4 Å². The molecule has 1 N–H and O–H groups in total. The molecule has 0 spiro atoms. The van der Waals surface area contributed by atoms with Crippen molar-refractivity contribution < 1.29 is 4.79 Å². The Morgan fingerprint density at radius 1 is 1.12 bits per heavy atom. The van der Waals surface area contributed by atoms with E-state index >= 15 is 0 Å². The summed E-state index contributed by atoms with van der Waals surface area (Å²) in [5.41, 5.74) is 3.48. The molecule has 2 nitrogen and oxygen atoms in total. The Hall–Kier alpha value is -0.830. The third-order valence-corrected chi connectivity index (χ3v) is 6.51. The molecule has 1 aromatic carbocycles. The smallest absolute Gasteiger partial charge is 0.224 e. The number of halogens is 1. The molecule has 0 heterocycles. The molecule has 2 fully saturated rings. The van der Waals surface area contributed by atoms with Crippen molar-refractivity contribution in [1.82, 2.24) is 0 Å². The Balaban J connectivity index is 1.74. The zero-order valence-electron chi connectivity index (χ0n) is 15.4. The molecule has 1 amide bonds. The molecule has 132 valence electrons. The van der Waals surface area contributed by atoms with E-state index in [1.807, 2.05) is 0 Å². The molecule has 0 saturated heterocycles. The number of rotatable bonds is 3. The first-order chi connectivity index (χ1) is 11.3. The van der Waals surface area contributed by atoms with Crippen LogP contribution >= 0.6 is 15.9 Å². The van der Waals surface area contributed by atoms with Gasteiger partial charge in [0, 0.05) is 16.6 Å². The number of hydrogen-bond acceptors (Lipinski definition) is 1. The van der Waals surface area contributed by atoms with Crippen LogP contribution in [-0.2, 0) is 4.79 Å². The van der Waals surface area contributed by atoms with Gasteiger partial charge in [-0.1, -0.05) is 29.8 Å². The topological polar surface area (TPSA) is 29.1 Å². The maximum Gasteiger partial charge on any atom is 0.224 e. The Morgan fingerprint density at radius 2 is 1.67 bits per heavy atom. The third kappa shape index (κ3) is 3.87. The van der Waals surface area contributed by atoms with Gasteiger partial charge < -0.3 is 5.32 Å². The summed E-state index contributed by atoms with van der Waals surface area (Å²) >= 11 is 3.53. The fraction of sp³-hybridized carbons (Fsp3) is 0.667. The number of carbonyl (C=O) groups is 1. The number of benzene rings is 1. The van der Waals surface area contributed by atoms with Crippen molar-refractivity contribution in [3.63, 3.8) is 0 Å². The monoisotopic (exact) mass is 391 g/mol. The van der Waals surface area contributed by atoms with E-state index in [2.05, 4.69) is 61.1 Å². The SMILES string of the molecule is Cc1cc(Br)cc(C)c1NC(=O)CC12CC(C)CC(CC(C)C1)C2. The molecule has 1 aromatic rings. The molecule has 0 aliphatic heterocycles. The van der Waals surface area contributed by atoms with Crippen LogP contribution in [0.1, 0.15) is 63.5 Å². The number of hydrogen-bond donors (Lipinski definition) is 1. The van der Waals surface area contributed by atoms with E-state index in [0.717, 1.165) is 39.0 Å². The van der Waals surface area contributed by atoms with Crippen LogP contribution in [0.3, 0.4) is 0 Å². The predicted octanol–water partition coefficient (Wildman–Crippen LogP) is 6.25. The molecular formula is C21H30BrNO. The van der Waals surface area contributed by atoms with E-state index in [1.54, 1.807) is 0 Å². The van der Waals surface area contributed by atoms with Gasteiger partial charge in [-0.15, -0.1) is 0 Å². The first kappa shape index (κ1) is 18.0. The van der Waals surface area contributed by atoms with Gasteiger partial charge in [-0.25, -0.2) is 0 Å². The number of nitrogens with one attached hydrogen (secondary N) is 1. The molecule has 2 saturated carbocycles. The molecule has 3 rings (SSSR count). The van der Waals surface area contributed by atoms with Crippen molar-refractivity contribution in [2.24, 2.45) is 23.2 Å². The second kappa shape index (κ2) is 6.82. The number of anilines is 1. The zero-order valence-corrected chi connectivity index (χ0v) is 17.0. The van der Waals surface area contributed by atoms with Gasteiger partial charge in [0.1, 0.15) is 0 Å². The Morgan fingerprint density at radius 3 is 2.21 bits per heavy atom. The molecule has 2 aliphatic rings. The first-order valence-corrected chi connectivity index (χ1v) is 10.1. The van der Waals surface area contributed by atoms with E-state index in [4.69, 9.17) is 0 Å². The normalized spacial score (nSPS) is 32.5. The van der Waals surface area contributed by atoms with Gasteiger partial charge in [-0.3, -0.25) is 4.79 Å². The fourth-order valence-corrected chi connectivity index (χ4v) is 6.44. The molecule has 2 unspecified atom stereocenters. The third-order valence-electron chi connectivity index (χ3n) is 6.05. The molecule has 3 heteroatoms. The largest absolute Gasteiger partial charge is 0.326 e. The van der Waals surface area contributed by atoms with Crippen molar-refractivity contribution in [2.75, 3.05) is 5.32 Å². The molecule has 2 bridgehead atoms. The van der Waals surface area contributed by atoms with Crippen molar-refractivity contribution in [3.05, 3.63) is 27.7 Å². The van der Waals surface area contributed by atoms with E-state index in [-0.39, 0.29) is 11.3 Å². The minimum atomic E-state index is 0.200. The van der Waals surface area contributed by atoms with Crippen LogP contribution in [0.5, 0.6) is 0 Å². The van der Waals surface area contributed by atoms with Crippen LogP contribution in [0, 0.1) is 37.0 Å². The highest BCUT2D eigenvalue weighted by molar-refractivity contribution is 9.10. The summed E-state index contributed by atoms with van der Waals surface area (Å²) in [6, 6.07) is 4.14. The lowest BCUT2D eigenvalue weighted by Gasteiger charge is -2.49. The van der Waals surface area contributed by atoms with Crippen LogP contribution < -0.4 is 5.32 Å². The molecule has 2 atom stereocenters. The number of amides is 1. The summed E-state index contributed by atoms with van der Waals surface area (Å²) in [5.74, 6) is 2.56. The quantitative estimate of drug-likeness (QED) is 0.648. The average Bonchev–Trinajstić information content (AvgIpc) is 2.40. The van der Waals surface area contributed by atoms with E-state index in [9.17, 15) is 4.79 Å². The first-order valence-electron chi connectivity index (χ1n) is 9.33. The van der Waals surface area contributed by atoms with Gasteiger partial charge >= 0.3 is 0 Å². The van der Waals surface area contributed by atoms with Crippen LogP contribution in [0.2, 0.25) is 0 Å². The highest BCUT2D eigenvalue weighted by Gasteiger charge is 2.45. The maximum atomic E-state index is 12.9. The van der Waals surface area contributed by atoms with E-state index in [1.165, 1.54) is 32.1 Å². The summed E-state index contributed by atoms with van der Waals surface area (Å²) in [7, 11) is 0. The minimum Gasteiger partial charge on any atom is -0.326 e.